The molecule has 1 unspecified atom stereocenters. The largest absolute Gasteiger partial charge is 0.379 e. The van der Waals surface area contributed by atoms with E-state index in [1.807, 2.05) is 0 Å². The van der Waals surface area contributed by atoms with Crippen LogP contribution in [0.3, 0.4) is 0 Å². The molecule has 2 saturated heterocycles. The Morgan fingerprint density at radius 3 is 2.78 bits per heavy atom. The van der Waals surface area contributed by atoms with Crippen LogP contribution in [0.2, 0.25) is 0 Å². The van der Waals surface area contributed by atoms with Crippen LogP contribution < -0.4 is 5.32 Å². The van der Waals surface area contributed by atoms with Crippen molar-refractivity contribution in [3.63, 3.8) is 0 Å². The van der Waals surface area contributed by atoms with Crippen molar-refractivity contribution in [2.45, 2.75) is 25.3 Å². The van der Waals surface area contributed by atoms with Gasteiger partial charge in [-0.1, -0.05) is 0 Å². The summed E-state index contributed by atoms with van der Waals surface area (Å²) in [5.74, 6) is 0.698. The van der Waals surface area contributed by atoms with Crippen LogP contribution in [0.1, 0.15) is 19.3 Å². The highest BCUT2D eigenvalue weighted by Gasteiger charge is 2.23. The summed E-state index contributed by atoms with van der Waals surface area (Å²) in [7, 11) is -2.78. The van der Waals surface area contributed by atoms with Gasteiger partial charge >= 0.3 is 0 Å². The number of hydrogen-bond donors (Lipinski definition) is 1. The third-order valence-corrected chi connectivity index (χ3v) is 5.47. The summed E-state index contributed by atoms with van der Waals surface area (Å²) < 4.78 is 28.3. The summed E-state index contributed by atoms with van der Waals surface area (Å²) in [6, 6.07) is 0.174. The second-order valence-corrected chi connectivity index (χ2v) is 7.44. The van der Waals surface area contributed by atoms with Gasteiger partial charge in [-0.15, -0.1) is 0 Å². The highest BCUT2D eigenvalue weighted by Crippen LogP contribution is 2.11. The van der Waals surface area contributed by atoms with Gasteiger partial charge in [0.15, 0.2) is 9.84 Å². The molecule has 0 aliphatic carbocycles. The Kier molecular flexibility index (Phi) is 5.41. The molecule has 1 N–H and O–H groups in total. The van der Waals surface area contributed by atoms with Crippen LogP contribution in [0.15, 0.2) is 0 Å². The van der Waals surface area contributed by atoms with Crippen LogP contribution >= 0.6 is 0 Å². The number of sulfone groups is 1. The van der Waals surface area contributed by atoms with Crippen molar-refractivity contribution in [1.29, 1.82) is 0 Å². The predicted octanol–water partition coefficient (Wildman–Crippen LogP) is -0.124. The Labute approximate surface area is 110 Å². The minimum absolute atomic E-state index is 0.174. The van der Waals surface area contributed by atoms with Crippen LogP contribution in [0.25, 0.3) is 0 Å². The van der Waals surface area contributed by atoms with E-state index in [9.17, 15) is 8.42 Å². The maximum atomic E-state index is 11.5. The Morgan fingerprint density at radius 1 is 1.28 bits per heavy atom. The maximum Gasteiger partial charge on any atom is 0.151 e. The number of hydrogen-bond acceptors (Lipinski definition) is 5. The van der Waals surface area contributed by atoms with Gasteiger partial charge in [-0.05, 0) is 32.4 Å². The number of nitrogens with zero attached hydrogens (tertiary/aromatic N) is 1. The summed E-state index contributed by atoms with van der Waals surface area (Å²) in [6.07, 6.45) is 2.89. The monoisotopic (exact) mass is 276 g/mol. The van der Waals surface area contributed by atoms with Gasteiger partial charge in [-0.2, -0.15) is 0 Å². The van der Waals surface area contributed by atoms with Crippen molar-refractivity contribution < 1.29 is 13.2 Å². The molecule has 0 aromatic heterocycles. The standard InChI is InChI=1S/C12H24N2O3S/c15-18(16)10-1-3-12(11-18)13-4-2-5-14-6-8-17-9-7-14/h12-13H,1-11H2. The van der Waals surface area contributed by atoms with E-state index < -0.39 is 9.84 Å². The quantitative estimate of drug-likeness (QED) is 0.709. The summed E-state index contributed by atoms with van der Waals surface area (Å²) >= 11 is 0. The van der Waals surface area contributed by atoms with Gasteiger partial charge in [-0.3, -0.25) is 4.90 Å². The summed E-state index contributed by atoms with van der Waals surface area (Å²) in [4.78, 5) is 2.41. The number of morpholine rings is 1. The Morgan fingerprint density at radius 2 is 2.06 bits per heavy atom. The number of rotatable bonds is 5. The molecule has 0 aromatic carbocycles. The molecule has 6 heteroatoms. The Hall–Kier alpha value is -0.170. The molecule has 0 amide bonds. The zero-order valence-electron chi connectivity index (χ0n) is 10.9. The van der Waals surface area contributed by atoms with E-state index in [1.165, 1.54) is 0 Å². The van der Waals surface area contributed by atoms with Crippen LogP contribution in [0.4, 0.5) is 0 Å². The molecule has 2 heterocycles. The molecule has 2 aliphatic heterocycles. The van der Waals surface area contributed by atoms with Gasteiger partial charge in [0.05, 0.1) is 24.7 Å². The molecule has 2 aliphatic rings. The third kappa shape index (κ3) is 4.84. The molecule has 2 rings (SSSR count). The van der Waals surface area contributed by atoms with Gasteiger partial charge in [-0.25, -0.2) is 8.42 Å². The van der Waals surface area contributed by atoms with Gasteiger partial charge in [0.2, 0.25) is 0 Å². The van der Waals surface area contributed by atoms with E-state index in [2.05, 4.69) is 10.2 Å². The fourth-order valence-corrected chi connectivity index (χ4v) is 4.29. The summed E-state index contributed by atoms with van der Waals surface area (Å²) in [5.41, 5.74) is 0. The van der Waals surface area contributed by atoms with E-state index in [4.69, 9.17) is 4.74 Å². The van der Waals surface area contributed by atoms with Crippen molar-refractivity contribution in [2.24, 2.45) is 0 Å². The lowest BCUT2D eigenvalue weighted by molar-refractivity contribution is 0.0374. The molecule has 106 valence electrons. The van der Waals surface area contributed by atoms with Crippen molar-refractivity contribution in [1.82, 2.24) is 10.2 Å². The smallest absolute Gasteiger partial charge is 0.151 e. The minimum atomic E-state index is -2.78. The molecule has 5 nitrogen and oxygen atoms in total. The number of nitrogens with one attached hydrogen (secondary N) is 1. The molecular weight excluding hydrogens is 252 g/mol. The van der Waals surface area contributed by atoms with Crippen LogP contribution in [-0.4, -0.2) is 70.3 Å². The van der Waals surface area contributed by atoms with Gasteiger partial charge < -0.3 is 10.1 Å². The average Bonchev–Trinajstić information content (AvgIpc) is 2.35. The Bertz CT molecular complexity index is 339. The number of ether oxygens (including phenoxy) is 1. The fraction of sp³-hybridized carbons (Fsp3) is 1.00. The zero-order chi connectivity index (χ0) is 12.8. The van der Waals surface area contributed by atoms with Crippen molar-refractivity contribution >= 4 is 9.84 Å². The minimum Gasteiger partial charge on any atom is -0.379 e. The first-order chi connectivity index (χ1) is 8.66. The first-order valence-electron chi connectivity index (χ1n) is 6.90. The summed E-state index contributed by atoms with van der Waals surface area (Å²) in [5, 5.41) is 3.38. The second-order valence-electron chi connectivity index (χ2n) is 5.22. The molecule has 0 spiro atoms. The predicted molar refractivity (Wildman–Crippen MR) is 71.6 cm³/mol. The van der Waals surface area contributed by atoms with Crippen LogP contribution in [-0.2, 0) is 14.6 Å². The van der Waals surface area contributed by atoms with Gasteiger partial charge in [0.25, 0.3) is 0 Å². The van der Waals surface area contributed by atoms with E-state index in [1.54, 1.807) is 0 Å². The molecular formula is C12H24N2O3S. The molecule has 0 bridgehead atoms. The van der Waals surface area contributed by atoms with Gasteiger partial charge in [0.1, 0.15) is 0 Å². The summed E-state index contributed by atoms with van der Waals surface area (Å²) in [6.45, 7) is 5.73. The lowest BCUT2D eigenvalue weighted by Gasteiger charge is -2.27. The molecule has 1 atom stereocenters. The van der Waals surface area contributed by atoms with E-state index in [0.717, 1.165) is 58.7 Å². The van der Waals surface area contributed by atoms with E-state index in [-0.39, 0.29) is 6.04 Å². The first-order valence-corrected chi connectivity index (χ1v) is 8.72. The second kappa shape index (κ2) is 6.84. The molecule has 2 fully saturated rings. The van der Waals surface area contributed by atoms with Gasteiger partial charge in [0, 0.05) is 19.1 Å². The fourth-order valence-electron chi connectivity index (χ4n) is 2.62. The Balaban J connectivity index is 1.57. The SMILES string of the molecule is O=S1(=O)CCCC(NCCCN2CCOCC2)C1. The van der Waals surface area contributed by atoms with Crippen molar-refractivity contribution in [3.05, 3.63) is 0 Å². The average molecular weight is 276 g/mol. The lowest BCUT2D eigenvalue weighted by atomic mass is 10.2. The van der Waals surface area contributed by atoms with Crippen LogP contribution in [0, 0.1) is 0 Å². The molecule has 0 saturated carbocycles. The zero-order valence-corrected chi connectivity index (χ0v) is 11.8. The normalized spacial score (nSPS) is 29.2. The maximum absolute atomic E-state index is 11.5. The van der Waals surface area contributed by atoms with E-state index in [0.29, 0.717) is 11.5 Å². The molecule has 0 aromatic rings. The highest BCUT2D eigenvalue weighted by atomic mass is 32.2. The van der Waals surface area contributed by atoms with Crippen molar-refractivity contribution in [2.75, 3.05) is 50.9 Å². The van der Waals surface area contributed by atoms with Crippen molar-refractivity contribution in [3.8, 4) is 0 Å². The third-order valence-electron chi connectivity index (χ3n) is 3.65. The first kappa shape index (κ1) is 14.2. The topological polar surface area (TPSA) is 58.6 Å². The van der Waals surface area contributed by atoms with Crippen LogP contribution in [0.5, 0.6) is 0 Å². The van der Waals surface area contributed by atoms with E-state index >= 15 is 0 Å². The molecule has 0 radical (unpaired) electrons. The highest BCUT2D eigenvalue weighted by molar-refractivity contribution is 7.91. The lowest BCUT2D eigenvalue weighted by Crippen LogP contribution is -2.42. The molecule has 18 heavy (non-hydrogen) atoms.